The van der Waals surface area contributed by atoms with Crippen LogP contribution in [-0.4, -0.2) is 37.7 Å². The first-order valence-electron chi connectivity index (χ1n) is 9.65. The maximum Gasteiger partial charge on any atom is 0.191 e. The normalized spacial score (nSPS) is 14.3. The van der Waals surface area contributed by atoms with Crippen LogP contribution in [0.1, 0.15) is 30.9 Å². The summed E-state index contributed by atoms with van der Waals surface area (Å²) in [7, 11) is 1.78. The predicted octanol–water partition coefficient (Wildman–Crippen LogP) is 2.95. The Morgan fingerprint density at radius 1 is 1.15 bits per heavy atom. The Bertz CT molecular complexity index is 756. The fourth-order valence-corrected chi connectivity index (χ4v) is 3.22. The van der Waals surface area contributed by atoms with Crippen molar-refractivity contribution in [3.8, 4) is 5.75 Å². The first-order chi connectivity index (χ1) is 13.3. The Balaban J connectivity index is 1.54. The molecule has 1 aromatic carbocycles. The molecule has 0 amide bonds. The number of benzene rings is 1. The van der Waals surface area contributed by atoms with Crippen molar-refractivity contribution in [1.29, 1.82) is 0 Å². The third-order valence-corrected chi connectivity index (χ3v) is 4.64. The molecular weight excluding hydrogens is 338 g/mol. The van der Waals surface area contributed by atoms with Crippen LogP contribution in [-0.2, 0) is 13.1 Å². The Labute approximate surface area is 161 Å². The molecule has 1 saturated heterocycles. The summed E-state index contributed by atoms with van der Waals surface area (Å²) >= 11 is 0. The quantitative estimate of drug-likeness (QED) is 0.582. The van der Waals surface area contributed by atoms with Crippen LogP contribution in [0.4, 0.5) is 5.82 Å². The number of hydrogen-bond donors (Lipinski definition) is 2. The van der Waals surface area contributed by atoms with Gasteiger partial charge in [-0.3, -0.25) is 4.99 Å². The van der Waals surface area contributed by atoms with Crippen molar-refractivity contribution in [1.82, 2.24) is 15.6 Å². The summed E-state index contributed by atoms with van der Waals surface area (Å²) in [6.07, 6.45) is 4.40. The lowest BCUT2D eigenvalue weighted by Gasteiger charge is -2.17. The Kier molecular flexibility index (Phi) is 6.90. The third-order valence-electron chi connectivity index (χ3n) is 4.64. The van der Waals surface area contributed by atoms with Gasteiger partial charge in [-0.1, -0.05) is 18.2 Å². The van der Waals surface area contributed by atoms with E-state index in [1.165, 1.54) is 18.4 Å². The van der Waals surface area contributed by atoms with Crippen molar-refractivity contribution in [2.24, 2.45) is 4.99 Å². The van der Waals surface area contributed by atoms with Crippen LogP contribution in [0.5, 0.6) is 5.75 Å². The first kappa shape index (κ1) is 19.0. The van der Waals surface area contributed by atoms with E-state index in [1.807, 2.05) is 37.4 Å². The number of nitrogens with one attached hydrogen (secondary N) is 2. The molecular formula is C21H29N5O. The SMILES string of the molecule is CCOc1ccccc1CNC(=NC)NCc1ccnc(N2CCCC2)c1. The Morgan fingerprint density at radius 3 is 2.70 bits per heavy atom. The summed E-state index contributed by atoms with van der Waals surface area (Å²) < 4.78 is 5.68. The van der Waals surface area contributed by atoms with Gasteiger partial charge in [-0.15, -0.1) is 0 Å². The van der Waals surface area contributed by atoms with Gasteiger partial charge >= 0.3 is 0 Å². The number of hydrogen-bond acceptors (Lipinski definition) is 4. The van der Waals surface area contributed by atoms with Crippen molar-refractivity contribution in [3.63, 3.8) is 0 Å². The van der Waals surface area contributed by atoms with Gasteiger partial charge in [-0.25, -0.2) is 4.98 Å². The molecule has 1 aliphatic rings. The number of rotatable bonds is 7. The van der Waals surface area contributed by atoms with Crippen molar-refractivity contribution >= 4 is 11.8 Å². The second-order valence-corrected chi connectivity index (χ2v) is 6.54. The standard InChI is InChI=1S/C21H29N5O/c1-3-27-19-9-5-4-8-18(19)16-25-21(22-2)24-15-17-10-11-23-20(14-17)26-12-6-7-13-26/h4-5,8-11,14H,3,6-7,12-13,15-16H2,1-2H3,(H2,22,24,25). The second-order valence-electron chi connectivity index (χ2n) is 6.54. The molecule has 27 heavy (non-hydrogen) atoms. The molecule has 6 heteroatoms. The van der Waals surface area contributed by atoms with Gasteiger partial charge in [0, 0.05) is 45.0 Å². The molecule has 6 nitrogen and oxygen atoms in total. The number of nitrogens with zero attached hydrogens (tertiary/aromatic N) is 3. The molecule has 2 aromatic rings. The number of guanidine groups is 1. The zero-order chi connectivity index (χ0) is 18.9. The molecule has 144 valence electrons. The van der Waals surface area contributed by atoms with Crippen molar-refractivity contribution in [2.45, 2.75) is 32.9 Å². The first-order valence-corrected chi connectivity index (χ1v) is 9.65. The van der Waals surface area contributed by atoms with Crippen LogP contribution in [0.25, 0.3) is 0 Å². The number of pyridine rings is 1. The van der Waals surface area contributed by atoms with Gasteiger partial charge in [-0.2, -0.15) is 0 Å². The van der Waals surface area contributed by atoms with Gasteiger partial charge in [-0.05, 0) is 43.5 Å². The van der Waals surface area contributed by atoms with E-state index in [0.29, 0.717) is 19.7 Å². The van der Waals surface area contributed by atoms with Crippen molar-refractivity contribution in [3.05, 3.63) is 53.7 Å². The van der Waals surface area contributed by atoms with Crippen LogP contribution in [0.2, 0.25) is 0 Å². The lowest BCUT2D eigenvalue weighted by Crippen LogP contribution is -2.36. The zero-order valence-electron chi connectivity index (χ0n) is 16.2. The molecule has 0 atom stereocenters. The van der Waals surface area contributed by atoms with Crippen LogP contribution >= 0.6 is 0 Å². The van der Waals surface area contributed by atoms with Gasteiger partial charge < -0.3 is 20.3 Å². The average molecular weight is 367 g/mol. The smallest absolute Gasteiger partial charge is 0.191 e. The predicted molar refractivity (Wildman–Crippen MR) is 110 cm³/mol. The van der Waals surface area contributed by atoms with Gasteiger partial charge in [0.2, 0.25) is 0 Å². The summed E-state index contributed by atoms with van der Waals surface area (Å²) in [5, 5.41) is 6.73. The van der Waals surface area contributed by atoms with Crippen LogP contribution in [0.3, 0.4) is 0 Å². The molecule has 0 spiro atoms. The number of aromatic nitrogens is 1. The topological polar surface area (TPSA) is 61.8 Å². The monoisotopic (exact) mass is 367 g/mol. The minimum absolute atomic E-state index is 0.658. The maximum atomic E-state index is 5.68. The van der Waals surface area contributed by atoms with Crippen molar-refractivity contribution in [2.75, 3.05) is 31.6 Å². The minimum Gasteiger partial charge on any atom is -0.494 e. The molecule has 0 radical (unpaired) electrons. The van der Waals surface area contributed by atoms with E-state index in [1.54, 1.807) is 7.05 Å². The van der Waals surface area contributed by atoms with Gasteiger partial charge in [0.25, 0.3) is 0 Å². The van der Waals surface area contributed by atoms with E-state index in [-0.39, 0.29) is 0 Å². The summed E-state index contributed by atoms with van der Waals surface area (Å²) in [5.41, 5.74) is 2.31. The lowest BCUT2D eigenvalue weighted by molar-refractivity contribution is 0.336. The Hall–Kier alpha value is -2.76. The second kappa shape index (κ2) is 9.80. The molecule has 0 aliphatic carbocycles. The molecule has 0 bridgehead atoms. The highest BCUT2D eigenvalue weighted by atomic mass is 16.5. The number of anilines is 1. The molecule has 1 fully saturated rings. The largest absolute Gasteiger partial charge is 0.494 e. The summed E-state index contributed by atoms with van der Waals surface area (Å²) in [6.45, 7) is 6.22. The zero-order valence-corrected chi connectivity index (χ0v) is 16.2. The summed E-state index contributed by atoms with van der Waals surface area (Å²) in [6, 6.07) is 12.3. The lowest BCUT2D eigenvalue weighted by atomic mass is 10.2. The van der Waals surface area contributed by atoms with Crippen LogP contribution in [0, 0.1) is 0 Å². The van der Waals surface area contributed by atoms with E-state index in [0.717, 1.165) is 36.2 Å². The molecule has 3 rings (SSSR count). The van der Waals surface area contributed by atoms with E-state index >= 15 is 0 Å². The highest BCUT2D eigenvalue weighted by molar-refractivity contribution is 5.79. The minimum atomic E-state index is 0.658. The number of aliphatic imine (C=N–C) groups is 1. The molecule has 0 unspecified atom stereocenters. The fourth-order valence-electron chi connectivity index (χ4n) is 3.22. The average Bonchev–Trinajstić information content (AvgIpc) is 3.25. The van der Waals surface area contributed by atoms with Crippen LogP contribution < -0.4 is 20.3 Å². The number of para-hydroxylation sites is 1. The highest BCUT2D eigenvalue weighted by Crippen LogP contribution is 2.19. The summed E-state index contributed by atoms with van der Waals surface area (Å²) in [5.74, 6) is 2.74. The fraction of sp³-hybridized carbons (Fsp3) is 0.429. The number of ether oxygens (including phenoxy) is 1. The van der Waals surface area contributed by atoms with Gasteiger partial charge in [0.1, 0.15) is 11.6 Å². The van der Waals surface area contributed by atoms with E-state index in [4.69, 9.17) is 4.74 Å². The van der Waals surface area contributed by atoms with Crippen LogP contribution in [0.15, 0.2) is 47.6 Å². The molecule has 1 aliphatic heterocycles. The van der Waals surface area contributed by atoms with Crippen molar-refractivity contribution < 1.29 is 4.74 Å². The van der Waals surface area contributed by atoms with Gasteiger partial charge in [0.05, 0.1) is 6.61 Å². The molecule has 2 heterocycles. The molecule has 2 N–H and O–H groups in total. The third kappa shape index (κ3) is 5.36. The van der Waals surface area contributed by atoms with E-state index in [2.05, 4.69) is 37.6 Å². The van der Waals surface area contributed by atoms with Gasteiger partial charge in [0.15, 0.2) is 5.96 Å². The molecule has 0 saturated carbocycles. The summed E-state index contributed by atoms with van der Waals surface area (Å²) in [4.78, 5) is 11.2. The van der Waals surface area contributed by atoms with E-state index < -0.39 is 0 Å². The maximum absolute atomic E-state index is 5.68. The highest BCUT2D eigenvalue weighted by Gasteiger charge is 2.13. The Morgan fingerprint density at radius 2 is 1.93 bits per heavy atom. The molecule has 1 aromatic heterocycles. The van der Waals surface area contributed by atoms with E-state index in [9.17, 15) is 0 Å².